The summed E-state index contributed by atoms with van der Waals surface area (Å²) in [5, 5.41) is 8.65. The van der Waals surface area contributed by atoms with Crippen molar-refractivity contribution in [1.82, 2.24) is 15.6 Å². The minimum Gasteiger partial charge on any atom is -0.487 e. The number of halogens is 1. The predicted molar refractivity (Wildman–Crippen MR) is 137 cm³/mol. The third-order valence-electron chi connectivity index (χ3n) is 6.30. The quantitative estimate of drug-likeness (QED) is 0.415. The van der Waals surface area contributed by atoms with Crippen molar-refractivity contribution >= 4 is 17.6 Å². The van der Waals surface area contributed by atoms with Gasteiger partial charge in [-0.15, -0.1) is 0 Å². The van der Waals surface area contributed by atoms with E-state index in [0.29, 0.717) is 35.3 Å². The SMILES string of the molecule is CNC(=O)c1ccc(Oc2cc(C(=O)Nc3ccc(CNC4CC4)cn3)cc3c2CC(C)(C)O3)cc1F. The van der Waals surface area contributed by atoms with Gasteiger partial charge in [0.1, 0.15) is 34.5 Å². The number of carbonyl (C=O) groups is 2. The highest BCUT2D eigenvalue weighted by Gasteiger charge is 2.34. The maximum atomic E-state index is 14.5. The minimum absolute atomic E-state index is 0.0838. The van der Waals surface area contributed by atoms with E-state index >= 15 is 0 Å². The molecule has 0 unspecified atom stereocenters. The highest BCUT2D eigenvalue weighted by atomic mass is 19.1. The molecule has 1 aliphatic carbocycles. The molecule has 2 amide bonds. The Hall–Kier alpha value is -3.98. The van der Waals surface area contributed by atoms with Gasteiger partial charge in [0.2, 0.25) is 0 Å². The van der Waals surface area contributed by atoms with Crippen molar-refractivity contribution in [2.45, 2.75) is 51.3 Å². The van der Waals surface area contributed by atoms with Gasteiger partial charge in [0, 0.05) is 49.4 Å². The summed E-state index contributed by atoms with van der Waals surface area (Å²) in [6.07, 6.45) is 4.72. The van der Waals surface area contributed by atoms with Crippen LogP contribution in [0.4, 0.5) is 10.2 Å². The standard InChI is InChI=1S/C28H29FN4O4/c1-28(2)13-21-23(36-19-7-8-20(22(29)12-19)27(35)30-3)10-17(11-24(21)37-28)26(34)33-25-9-4-16(15-32-25)14-31-18-5-6-18/h4,7-12,15,18,31H,5-6,13-14H2,1-3H3,(H,30,35)(H,32,33,34). The average Bonchev–Trinajstić information content (AvgIpc) is 3.63. The van der Waals surface area contributed by atoms with Gasteiger partial charge in [0.15, 0.2) is 0 Å². The zero-order chi connectivity index (χ0) is 26.2. The molecule has 0 bridgehead atoms. The van der Waals surface area contributed by atoms with Crippen LogP contribution in [0.5, 0.6) is 17.2 Å². The van der Waals surface area contributed by atoms with E-state index in [1.807, 2.05) is 19.9 Å². The zero-order valence-electron chi connectivity index (χ0n) is 21.0. The van der Waals surface area contributed by atoms with Gasteiger partial charge < -0.3 is 25.4 Å². The molecule has 1 fully saturated rings. The van der Waals surface area contributed by atoms with Crippen molar-refractivity contribution in [2.75, 3.05) is 12.4 Å². The zero-order valence-corrected chi connectivity index (χ0v) is 21.0. The first-order valence-corrected chi connectivity index (χ1v) is 12.3. The molecule has 0 atom stereocenters. The van der Waals surface area contributed by atoms with E-state index in [0.717, 1.165) is 23.7 Å². The summed E-state index contributed by atoms with van der Waals surface area (Å²) in [6, 6.07) is 11.6. The lowest BCUT2D eigenvalue weighted by Gasteiger charge is -2.16. The maximum Gasteiger partial charge on any atom is 0.257 e. The maximum absolute atomic E-state index is 14.5. The molecule has 0 radical (unpaired) electrons. The second kappa shape index (κ2) is 9.82. The lowest BCUT2D eigenvalue weighted by atomic mass is 9.99. The fourth-order valence-corrected chi connectivity index (χ4v) is 4.21. The molecule has 0 spiro atoms. The summed E-state index contributed by atoms with van der Waals surface area (Å²) in [5.41, 5.74) is 1.57. The van der Waals surface area contributed by atoms with Crippen LogP contribution in [0.25, 0.3) is 0 Å². The van der Waals surface area contributed by atoms with Gasteiger partial charge in [-0.2, -0.15) is 0 Å². The molecule has 1 aliphatic heterocycles. The number of nitrogens with one attached hydrogen (secondary N) is 3. The van der Waals surface area contributed by atoms with Crippen molar-refractivity contribution in [3.8, 4) is 17.2 Å². The molecule has 2 aromatic carbocycles. The van der Waals surface area contributed by atoms with E-state index in [1.165, 1.54) is 32.0 Å². The van der Waals surface area contributed by atoms with E-state index in [2.05, 4.69) is 20.9 Å². The van der Waals surface area contributed by atoms with Crippen LogP contribution >= 0.6 is 0 Å². The lowest BCUT2D eigenvalue weighted by molar-refractivity contribution is 0.0958. The molecule has 3 N–H and O–H groups in total. The van der Waals surface area contributed by atoms with Crippen LogP contribution in [-0.2, 0) is 13.0 Å². The molecule has 1 saturated carbocycles. The summed E-state index contributed by atoms with van der Waals surface area (Å²) >= 11 is 0. The normalized spacial score (nSPS) is 15.5. The number of ether oxygens (including phenoxy) is 2. The molecule has 2 heterocycles. The van der Waals surface area contributed by atoms with E-state index in [1.54, 1.807) is 24.4 Å². The van der Waals surface area contributed by atoms with Crippen LogP contribution in [0, 0.1) is 5.82 Å². The molecule has 0 saturated heterocycles. The monoisotopic (exact) mass is 504 g/mol. The summed E-state index contributed by atoms with van der Waals surface area (Å²) in [7, 11) is 1.43. The van der Waals surface area contributed by atoms with E-state index < -0.39 is 17.3 Å². The Morgan fingerprint density at radius 1 is 1.14 bits per heavy atom. The Bertz CT molecular complexity index is 1350. The van der Waals surface area contributed by atoms with Gasteiger partial charge in [-0.05, 0) is 62.6 Å². The van der Waals surface area contributed by atoms with Gasteiger partial charge in [-0.25, -0.2) is 9.37 Å². The Morgan fingerprint density at radius 2 is 1.95 bits per heavy atom. The van der Waals surface area contributed by atoms with E-state index in [4.69, 9.17) is 9.47 Å². The van der Waals surface area contributed by atoms with E-state index in [-0.39, 0.29) is 17.2 Å². The number of fused-ring (bicyclic) bond motifs is 1. The van der Waals surface area contributed by atoms with Crippen molar-refractivity contribution in [3.05, 3.63) is 76.7 Å². The number of rotatable bonds is 8. The topological polar surface area (TPSA) is 102 Å². The molecule has 37 heavy (non-hydrogen) atoms. The first-order valence-electron chi connectivity index (χ1n) is 12.3. The third-order valence-corrected chi connectivity index (χ3v) is 6.30. The summed E-state index contributed by atoms with van der Waals surface area (Å²) in [6.45, 7) is 4.63. The summed E-state index contributed by atoms with van der Waals surface area (Å²) in [5.74, 6) is -0.0684. The Morgan fingerprint density at radius 3 is 2.62 bits per heavy atom. The Balaban J connectivity index is 1.37. The molecule has 8 nitrogen and oxygen atoms in total. The highest BCUT2D eigenvalue weighted by Crippen LogP contribution is 2.43. The summed E-state index contributed by atoms with van der Waals surface area (Å²) in [4.78, 5) is 29.3. The number of aromatic nitrogens is 1. The predicted octanol–water partition coefficient (Wildman–Crippen LogP) is 4.59. The fourth-order valence-electron chi connectivity index (χ4n) is 4.21. The molecule has 1 aromatic heterocycles. The number of hydrogen-bond acceptors (Lipinski definition) is 6. The molecule has 2 aliphatic rings. The van der Waals surface area contributed by atoms with Crippen LogP contribution < -0.4 is 25.4 Å². The number of benzene rings is 2. The third kappa shape index (κ3) is 5.72. The molecule has 3 aromatic rings. The molecule has 5 rings (SSSR count). The first kappa shape index (κ1) is 24.7. The number of hydrogen-bond donors (Lipinski definition) is 3. The number of pyridine rings is 1. The van der Waals surface area contributed by atoms with Gasteiger partial charge in [-0.1, -0.05) is 6.07 Å². The smallest absolute Gasteiger partial charge is 0.257 e. The second-order valence-corrected chi connectivity index (χ2v) is 9.97. The van der Waals surface area contributed by atoms with Crippen LogP contribution in [0.15, 0.2) is 48.7 Å². The van der Waals surface area contributed by atoms with Crippen molar-refractivity contribution in [2.24, 2.45) is 0 Å². The average molecular weight is 505 g/mol. The second-order valence-electron chi connectivity index (χ2n) is 9.97. The van der Waals surface area contributed by atoms with Crippen molar-refractivity contribution in [1.29, 1.82) is 0 Å². The largest absolute Gasteiger partial charge is 0.487 e. The van der Waals surface area contributed by atoms with E-state index in [9.17, 15) is 14.0 Å². The molecular weight excluding hydrogens is 475 g/mol. The van der Waals surface area contributed by atoms with Crippen molar-refractivity contribution in [3.63, 3.8) is 0 Å². The molecule has 9 heteroatoms. The lowest BCUT2D eigenvalue weighted by Crippen LogP contribution is -2.24. The van der Waals surface area contributed by atoms with Crippen LogP contribution in [0.1, 0.15) is 58.5 Å². The minimum atomic E-state index is -0.708. The molecule has 192 valence electrons. The fraction of sp³-hybridized carbons (Fsp3) is 0.321. The first-order chi connectivity index (χ1) is 17.7. The van der Waals surface area contributed by atoms with Gasteiger partial charge >= 0.3 is 0 Å². The number of anilines is 1. The number of amides is 2. The van der Waals surface area contributed by atoms with Crippen LogP contribution in [0.3, 0.4) is 0 Å². The van der Waals surface area contributed by atoms with Crippen LogP contribution in [0.2, 0.25) is 0 Å². The van der Waals surface area contributed by atoms with Crippen LogP contribution in [-0.4, -0.2) is 35.5 Å². The summed E-state index contributed by atoms with van der Waals surface area (Å²) < 4.78 is 26.6. The highest BCUT2D eigenvalue weighted by molar-refractivity contribution is 6.04. The van der Waals surface area contributed by atoms with Gasteiger partial charge in [0.25, 0.3) is 11.8 Å². The van der Waals surface area contributed by atoms with Gasteiger partial charge in [-0.3, -0.25) is 9.59 Å². The van der Waals surface area contributed by atoms with Gasteiger partial charge in [0.05, 0.1) is 5.56 Å². The Labute approximate surface area is 214 Å². The van der Waals surface area contributed by atoms with Crippen molar-refractivity contribution < 1.29 is 23.5 Å². The molecular formula is C28H29FN4O4. The Kier molecular flexibility index (Phi) is 6.55. The number of nitrogens with zero attached hydrogens (tertiary/aromatic N) is 1. The number of carbonyl (C=O) groups excluding carboxylic acids is 2.